The van der Waals surface area contributed by atoms with Gasteiger partial charge in [-0.05, 0) is 49.2 Å². The van der Waals surface area contributed by atoms with Crippen LogP contribution in [0, 0.1) is 0 Å². The SMILES string of the molecule is C=CCN1CCCC[C@H]1C(NC(=O)c1cccc(Cl)c1C(F)(F)F)c1cccc(Br)c1. The van der Waals surface area contributed by atoms with Gasteiger partial charge < -0.3 is 5.32 Å². The van der Waals surface area contributed by atoms with Crippen LogP contribution in [0.5, 0.6) is 0 Å². The Morgan fingerprint density at radius 2 is 2.03 bits per heavy atom. The number of halogens is 5. The summed E-state index contributed by atoms with van der Waals surface area (Å²) in [5.41, 5.74) is -0.779. The van der Waals surface area contributed by atoms with E-state index in [0.717, 1.165) is 48.0 Å². The van der Waals surface area contributed by atoms with E-state index in [1.165, 1.54) is 6.07 Å². The molecule has 1 aliphatic rings. The van der Waals surface area contributed by atoms with Gasteiger partial charge in [-0.1, -0.05) is 58.2 Å². The van der Waals surface area contributed by atoms with Crippen LogP contribution in [0.15, 0.2) is 59.6 Å². The normalized spacial score (nSPS) is 18.4. The maximum absolute atomic E-state index is 13.6. The summed E-state index contributed by atoms with van der Waals surface area (Å²) in [5, 5.41) is 2.39. The number of hydrogen-bond donors (Lipinski definition) is 1. The molecule has 31 heavy (non-hydrogen) atoms. The van der Waals surface area contributed by atoms with Crippen molar-refractivity contribution in [2.45, 2.75) is 37.5 Å². The quantitative estimate of drug-likeness (QED) is 0.438. The van der Waals surface area contributed by atoms with E-state index in [1.54, 1.807) is 6.08 Å². The second-order valence-corrected chi connectivity index (χ2v) is 8.84. The van der Waals surface area contributed by atoms with Gasteiger partial charge in [0.1, 0.15) is 0 Å². The third-order valence-electron chi connectivity index (χ3n) is 5.45. The average molecular weight is 516 g/mol. The van der Waals surface area contributed by atoms with Crippen molar-refractivity contribution in [3.05, 3.63) is 81.3 Å². The number of nitrogens with zero attached hydrogens (tertiary/aromatic N) is 1. The molecule has 1 unspecified atom stereocenters. The molecule has 1 aliphatic heterocycles. The largest absolute Gasteiger partial charge is 0.418 e. The van der Waals surface area contributed by atoms with Crippen LogP contribution in [-0.4, -0.2) is 29.9 Å². The molecule has 2 aromatic carbocycles. The average Bonchev–Trinajstić information content (AvgIpc) is 2.71. The molecule has 0 radical (unpaired) electrons. The number of carbonyl (C=O) groups is 1. The first-order chi connectivity index (χ1) is 14.7. The van der Waals surface area contributed by atoms with E-state index in [0.29, 0.717) is 6.54 Å². The van der Waals surface area contributed by atoms with Gasteiger partial charge in [0.25, 0.3) is 5.91 Å². The van der Waals surface area contributed by atoms with E-state index in [-0.39, 0.29) is 6.04 Å². The molecule has 1 saturated heterocycles. The number of hydrogen-bond acceptors (Lipinski definition) is 2. The highest BCUT2D eigenvalue weighted by molar-refractivity contribution is 9.10. The molecule has 3 rings (SSSR count). The van der Waals surface area contributed by atoms with E-state index in [1.807, 2.05) is 24.3 Å². The number of benzene rings is 2. The zero-order valence-corrected chi connectivity index (χ0v) is 19.1. The highest BCUT2D eigenvalue weighted by atomic mass is 79.9. The third-order valence-corrected chi connectivity index (χ3v) is 6.26. The van der Waals surface area contributed by atoms with Crippen LogP contribution in [-0.2, 0) is 6.18 Å². The predicted molar refractivity (Wildman–Crippen MR) is 120 cm³/mol. The van der Waals surface area contributed by atoms with E-state index in [2.05, 4.69) is 32.7 Å². The monoisotopic (exact) mass is 514 g/mol. The fourth-order valence-corrected chi connectivity index (χ4v) is 4.81. The highest BCUT2D eigenvalue weighted by Gasteiger charge is 2.39. The topological polar surface area (TPSA) is 32.3 Å². The summed E-state index contributed by atoms with van der Waals surface area (Å²) < 4.78 is 41.7. The second kappa shape index (κ2) is 10.2. The molecule has 0 aromatic heterocycles. The predicted octanol–water partition coefficient (Wildman–Crippen LogP) is 6.63. The lowest BCUT2D eigenvalue weighted by Gasteiger charge is -2.40. The summed E-state index contributed by atoms with van der Waals surface area (Å²) in [6.07, 6.45) is -0.126. The van der Waals surface area contributed by atoms with Gasteiger partial charge in [-0.2, -0.15) is 13.2 Å². The van der Waals surface area contributed by atoms with E-state index in [4.69, 9.17) is 11.6 Å². The number of carbonyl (C=O) groups excluding carboxylic acids is 1. The van der Waals surface area contributed by atoms with Crippen molar-refractivity contribution >= 4 is 33.4 Å². The molecular formula is C23H23BrClF3N2O. The Bertz CT molecular complexity index is 951. The summed E-state index contributed by atoms with van der Waals surface area (Å²) >= 11 is 9.27. The van der Waals surface area contributed by atoms with Crippen LogP contribution in [0.1, 0.15) is 46.8 Å². The second-order valence-electron chi connectivity index (χ2n) is 7.51. The van der Waals surface area contributed by atoms with Crippen LogP contribution in [0.3, 0.4) is 0 Å². The number of rotatable bonds is 6. The Balaban J connectivity index is 2.01. The van der Waals surface area contributed by atoms with E-state index in [9.17, 15) is 18.0 Å². The summed E-state index contributed by atoms with van der Waals surface area (Å²) in [6.45, 7) is 5.29. The molecule has 2 atom stereocenters. The zero-order valence-electron chi connectivity index (χ0n) is 16.8. The van der Waals surface area contributed by atoms with Crippen molar-refractivity contribution in [3.8, 4) is 0 Å². The maximum atomic E-state index is 13.6. The highest BCUT2D eigenvalue weighted by Crippen LogP contribution is 2.38. The lowest BCUT2D eigenvalue weighted by atomic mass is 9.90. The minimum Gasteiger partial charge on any atom is -0.344 e. The first-order valence-electron chi connectivity index (χ1n) is 9.99. The van der Waals surface area contributed by atoms with Crippen molar-refractivity contribution in [1.29, 1.82) is 0 Å². The lowest BCUT2D eigenvalue weighted by molar-refractivity contribution is -0.137. The summed E-state index contributed by atoms with van der Waals surface area (Å²) in [7, 11) is 0. The van der Waals surface area contributed by atoms with E-state index < -0.39 is 34.3 Å². The molecule has 1 heterocycles. The number of alkyl halides is 3. The molecule has 1 N–H and O–H groups in total. The van der Waals surface area contributed by atoms with Crippen LogP contribution in [0.25, 0.3) is 0 Å². The molecule has 8 heteroatoms. The fraction of sp³-hybridized carbons (Fsp3) is 0.348. The Morgan fingerprint density at radius 1 is 1.29 bits per heavy atom. The number of likely N-dealkylation sites (tertiary alicyclic amines) is 1. The van der Waals surface area contributed by atoms with Crippen molar-refractivity contribution in [2.24, 2.45) is 0 Å². The smallest absolute Gasteiger partial charge is 0.344 e. The number of piperidine rings is 1. The van der Waals surface area contributed by atoms with Gasteiger partial charge in [0, 0.05) is 17.1 Å². The van der Waals surface area contributed by atoms with Gasteiger partial charge in [0.15, 0.2) is 0 Å². The van der Waals surface area contributed by atoms with Crippen LogP contribution in [0.4, 0.5) is 13.2 Å². The van der Waals surface area contributed by atoms with Crippen molar-refractivity contribution in [2.75, 3.05) is 13.1 Å². The van der Waals surface area contributed by atoms with Crippen LogP contribution < -0.4 is 5.32 Å². The fourth-order valence-electron chi connectivity index (χ4n) is 4.11. The molecule has 0 saturated carbocycles. The Labute approximate surface area is 193 Å². The number of amides is 1. The Kier molecular flexibility index (Phi) is 7.83. The minimum atomic E-state index is -4.74. The first-order valence-corrected chi connectivity index (χ1v) is 11.2. The molecule has 0 aliphatic carbocycles. The Hall–Kier alpha value is -1.83. The van der Waals surface area contributed by atoms with Crippen LogP contribution in [0.2, 0.25) is 5.02 Å². The molecular weight excluding hydrogens is 493 g/mol. The van der Waals surface area contributed by atoms with Gasteiger partial charge >= 0.3 is 6.18 Å². The maximum Gasteiger partial charge on any atom is 0.418 e. The molecule has 1 fully saturated rings. The standard InChI is InChI=1S/C23H23BrClF3N2O/c1-2-12-30-13-4-3-11-19(30)21(15-7-5-8-16(24)14-15)29-22(31)17-9-6-10-18(25)20(17)23(26,27)28/h2,5-10,14,19,21H,1,3-4,11-13H2,(H,29,31)/t19-,21?/m0/s1. The summed E-state index contributed by atoms with van der Waals surface area (Å²) in [4.78, 5) is 15.3. The van der Waals surface area contributed by atoms with Gasteiger partial charge in [-0.15, -0.1) is 6.58 Å². The van der Waals surface area contributed by atoms with Crippen molar-refractivity contribution < 1.29 is 18.0 Å². The molecule has 0 bridgehead atoms. The van der Waals surface area contributed by atoms with Crippen molar-refractivity contribution in [1.82, 2.24) is 10.2 Å². The minimum absolute atomic E-state index is 0.0708. The summed E-state index contributed by atoms with van der Waals surface area (Å²) in [5.74, 6) is -0.802. The molecule has 3 nitrogen and oxygen atoms in total. The van der Waals surface area contributed by atoms with Gasteiger partial charge in [-0.3, -0.25) is 9.69 Å². The third kappa shape index (κ3) is 5.70. The van der Waals surface area contributed by atoms with Gasteiger partial charge in [-0.25, -0.2) is 0 Å². The molecule has 166 valence electrons. The molecule has 0 spiro atoms. The molecule has 1 amide bonds. The van der Waals surface area contributed by atoms with E-state index >= 15 is 0 Å². The zero-order chi connectivity index (χ0) is 22.6. The number of nitrogens with one attached hydrogen (secondary N) is 1. The van der Waals surface area contributed by atoms with Crippen molar-refractivity contribution in [3.63, 3.8) is 0 Å². The molecule has 2 aromatic rings. The Morgan fingerprint density at radius 3 is 2.71 bits per heavy atom. The van der Waals surface area contributed by atoms with Gasteiger partial charge in [0.2, 0.25) is 0 Å². The van der Waals surface area contributed by atoms with Gasteiger partial charge in [0.05, 0.1) is 22.2 Å². The lowest BCUT2D eigenvalue weighted by Crippen LogP contribution is -2.49. The first kappa shape index (κ1) is 23.8. The van der Waals surface area contributed by atoms with Crippen LogP contribution >= 0.6 is 27.5 Å². The summed E-state index contributed by atoms with van der Waals surface area (Å²) in [6, 6.07) is 10.6.